The van der Waals surface area contributed by atoms with Crippen LogP contribution in [0.4, 0.5) is 0 Å². The van der Waals surface area contributed by atoms with Crippen molar-refractivity contribution in [2.24, 2.45) is 5.73 Å². The SMILES string of the molecule is CCC(C)(CC)NS(=O)(=O)c1cc(CN)c(C)cc1C. The Balaban J connectivity index is 3.29. The highest BCUT2D eigenvalue weighted by Gasteiger charge is 2.28. The third-order valence-corrected chi connectivity index (χ3v) is 5.86. The lowest BCUT2D eigenvalue weighted by Gasteiger charge is -2.28. The van der Waals surface area contributed by atoms with Gasteiger partial charge in [-0.1, -0.05) is 19.9 Å². The third kappa shape index (κ3) is 3.59. The van der Waals surface area contributed by atoms with Gasteiger partial charge in [0.25, 0.3) is 0 Å². The van der Waals surface area contributed by atoms with Gasteiger partial charge in [-0.25, -0.2) is 13.1 Å². The maximum absolute atomic E-state index is 12.6. The molecule has 0 atom stereocenters. The first-order chi connectivity index (χ1) is 9.19. The van der Waals surface area contributed by atoms with E-state index in [4.69, 9.17) is 5.73 Å². The number of benzene rings is 1. The maximum Gasteiger partial charge on any atom is 0.241 e. The molecule has 1 aromatic rings. The summed E-state index contributed by atoms with van der Waals surface area (Å²) in [7, 11) is -3.53. The van der Waals surface area contributed by atoms with Crippen molar-refractivity contribution < 1.29 is 8.42 Å². The lowest BCUT2D eigenvalue weighted by atomic mass is 9.98. The average Bonchev–Trinajstić information content (AvgIpc) is 2.38. The van der Waals surface area contributed by atoms with E-state index in [0.717, 1.165) is 29.5 Å². The van der Waals surface area contributed by atoms with E-state index in [-0.39, 0.29) is 0 Å². The summed E-state index contributed by atoms with van der Waals surface area (Å²) in [6.45, 7) is 10.0. The maximum atomic E-state index is 12.6. The van der Waals surface area contributed by atoms with E-state index < -0.39 is 15.6 Å². The Bertz CT molecular complexity index is 576. The monoisotopic (exact) mass is 298 g/mol. The molecule has 0 aliphatic carbocycles. The summed E-state index contributed by atoms with van der Waals surface area (Å²) in [5, 5.41) is 0. The zero-order valence-electron chi connectivity index (χ0n) is 13.1. The van der Waals surface area contributed by atoms with Gasteiger partial charge in [0.1, 0.15) is 0 Å². The summed E-state index contributed by atoms with van der Waals surface area (Å²) in [6.07, 6.45) is 1.49. The lowest BCUT2D eigenvalue weighted by Crippen LogP contribution is -2.45. The Hall–Kier alpha value is -0.910. The number of rotatable bonds is 6. The molecular weight excluding hydrogens is 272 g/mol. The van der Waals surface area contributed by atoms with Crippen molar-refractivity contribution in [3.8, 4) is 0 Å². The smallest absolute Gasteiger partial charge is 0.241 e. The van der Waals surface area contributed by atoms with Gasteiger partial charge in [-0.05, 0) is 56.4 Å². The van der Waals surface area contributed by atoms with Crippen LogP contribution in [0.3, 0.4) is 0 Å². The highest BCUT2D eigenvalue weighted by molar-refractivity contribution is 7.89. The zero-order chi connectivity index (χ0) is 15.6. The Morgan fingerprint density at radius 3 is 2.15 bits per heavy atom. The minimum atomic E-state index is -3.53. The molecule has 0 spiro atoms. The van der Waals surface area contributed by atoms with Crippen molar-refractivity contribution in [1.82, 2.24) is 4.72 Å². The fourth-order valence-electron chi connectivity index (χ4n) is 2.16. The van der Waals surface area contributed by atoms with Crippen molar-refractivity contribution >= 4 is 10.0 Å². The summed E-state index contributed by atoms with van der Waals surface area (Å²) >= 11 is 0. The second-order valence-corrected chi connectivity index (χ2v) is 7.27. The normalized spacial score (nSPS) is 12.7. The standard InChI is InChI=1S/C15H26N2O2S/c1-6-15(5,7-2)17-20(18,19)14-9-13(10-16)11(3)8-12(14)4/h8-9,17H,6-7,10,16H2,1-5H3. The number of hydrogen-bond donors (Lipinski definition) is 2. The first-order valence-electron chi connectivity index (χ1n) is 7.03. The molecule has 1 rings (SSSR count). The predicted molar refractivity (Wildman–Crippen MR) is 83.1 cm³/mol. The molecule has 0 fully saturated rings. The fourth-order valence-corrected chi connectivity index (χ4v) is 3.99. The highest BCUT2D eigenvalue weighted by atomic mass is 32.2. The quantitative estimate of drug-likeness (QED) is 0.848. The fraction of sp³-hybridized carbons (Fsp3) is 0.600. The van der Waals surface area contributed by atoms with Gasteiger partial charge >= 0.3 is 0 Å². The van der Waals surface area contributed by atoms with E-state index in [1.54, 1.807) is 6.07 Å². The van der Waals surface area contributed by atoms with E-state index in [9.17, 15) is 8.42 Å². The second-order valence-electron chi connectivity index (χ2n) is 5.62. The van der Waals surface area contributed by atoms with Crippen LogP contribution in [0.2, 0.25) is 0 Å². The summed E-state index contributed by atoms with van der Waals surface area (Å²) < 4.78 is 28.1. The highest BCUT2D eigenvalue weighted by Crippen LogP contribution is 2.23. The number of hydrogen-bond acceptors (Lipinski definition) is 3. The summed E-state index contributed by atoms with van der Waals surface area (Å²) in [4.78, 5) is 0.330. The molecule has 0 unspecified atom stereocenters. The minimum Gasteiger partial charge on any atom is -0.326 e. The predicted octanol–water partition coefficient (Wildman–Crippen LogP) is 2.62. The molecule has 114 valence electrons. The van der Waals surface area contributed by atoms with Crippen LogP contribution in [0, 0.1) is 13.8 Å². The summed E-state index contributed by atoms with van der Waals surface area (Å²) in [5.74, 6) is 0. The third-order valence-electron chi connectivity index (χ3n) is 4.08. The van der Waals surface area contributed by atoms with Gasteiger partial charge in [-0.3, -0.25) is 0 Å². The van der Waals surface area contributed by atoms with Crippen molar-refractivity contribution in [2.45, 2.75) is 64.4 Å². The van der Waals surface area contributed by atoms with Gasteiger partial charge in [-0.2, -0.15) is 0 Å². The number of sulfonamides is 1. The molecule has 0 saturated carbocycles. The molecule has 0 radical (unpaired) electrons. The molecule has 20 heavy (non-hydrogen) atoms. The molecule has 0 saturated heterocycles. The van der Waals surface area contributed by atoms with Crippen LogP contribution in [-0.4, -0.2) is 14.0 Å². The number of aryl methyl sites for hydroxylation is 2. The van der Waals surface area contributed by atoms with Crippen LogP contribution in [0.15, 0.2) is 17.0 Å². The van der Waals surface area contributed by atoms with Crippen LogP contribution >= 0.6 is 0 Å². The van der Waals surface area contributed by atoms with Gasteiger partial charge in [0.05, 0.1) is 4.90 Å². The topological polar surface area (TPSA) is 72.2 Å². The number of nitrogens with one attached hydrogen (secondary N) is 1. The van der Waals surface area contributed by atoms with Crippen molar-refractivity contribution in [1.29, 1.82) is 0 Å². The van der Waals surface area contributed by atoms with Crippen molar-refractivity contribution in [3.63, 3.8) is 0 Å². The minimum absolute atomic E-state index is 0.330. The van der Waals surface area contributed by atoms with Crippen molar-refractivity contribution in [2.75, 3.05) is 0 Å². The van der Waals surface area contributed by atoms with Crippen LogP contribution < -0.4 is 10.5 Å². The second kappa shape index (κ2) is 6.24. The molecule has 5 heteroatoms. The molecule has 0 heterocycles. The van der Waals surface area contributed by atoms with Gasteiger partial charge in [-0.15, -0.1) is 0 Å². The van der Waals surface area contributed by atoms with Crippen LogP contribution in [-0.2, 0) is 16.6 Å². The Morgan fingerprint density at radius 2 is 1.70 bits per heavy atom. The Kier molecular flexibility index (Phi) is 5.35. The lowest BCUT2D eigenvalue weighted by molar-refractivity contribution is 0.388. The van der Waals surface area contributed by atoms with Gasteiger partial charge in [0.15, 0.2) is 0 Å². The molecule has 0 aliphatic heterocycles. The molecule has 3 N–H and O–H groups in total. The van der Waals surface area contributed by atoms with Crippen LogP contribution in [0.1, 0.15) is 50.3 Å². The Labute approximate surface area is 122 Å². The van der Waals surface area contributed by atoms with Gasteiger partial charge < -0.3 is 5.73 Å². The first-order valence-corrected chi connectivity index (χ1v) is 8.51. The van der Waals surface area contributed by atoms with Crippen LogP contribution in [0.25, 0.3) is 0 Å². The Morgan fingerprint density at radius 1 is 1.15 bits per heavy atom. The summed E-state index contributed by atoms with van der Waals surface area (Å²) in [5.41, 5.74) is 7.90. The molecule has 4 nitrogen and oxygen atoms in total. The first kappa shape index (κ1) is 17.1. The van der Waals surface area contributed by atoms with Gasteiger partial charge in [0, 0.05) is 12.1 Å². The van der Waals surface area contributed by atoms with Crippen molar-refractivity contribution in [3.05, 3.63) is 28.8 Å². The number of nitrogens with two attached hydrogens (primary N) is 1. The van der Waals surface area contributed by atoms with E-state index in [1.807, 2.05) is 40.7 Å². The van der Waals surface area contributed by atoms with E-state index in [1.165, 1.54) is 0 Å². The summed E-state index contributed by atoms with van der Waals surface area (Å²) in [6, 6.07) is 3.57. The molecule has 0 amide bonds. The van der Waals surface area contributed by atoms with E-state index in [0.29, 0.717) is 11.4 Å². The molecule has 0 aliphatic rings. The van der Waals surface area contributed by atoms with E-state index in [2.05, 4.69) is 4.72 Å². The molecule has 0 aromatic heterocycles. The molecular formula is C15H26N2O2S. The zero-order valence-corrected chi connectivity index (χ0v) is 13.9. The van der Waals surface area contributed by atoms with E-state index >= 15 is 0 Å². The molecule has 1 aromatic carbocycles. The average molecular weight is 298 g/mol. The largest absolute Gasteiger partial charge is 0.326 e. The van der Waals surface area contributed by atoms with Gasteiger partial charge in [0.2, 0.25) is 10.0 Å². The van der Waals surface area contributed by atoms with Crippen LogP contribution in [0.5, 0.6) is 0 Å². The molecule has 0 bridgehead atoms.